The lowest BCUT2D eigenvalue weighted by atomic mass is 10.1. The van der Waals surface area contributed by atoms with Gasteiger partial charge in [-0.15, -0.1) is 0 Å². The molecule has 17 nitrogen and oxygen atoms in total. The molecule has 0 saturated carbocycles. The topological polar surface area (TPSA) is 236 Å². The number of aromatic nitrogens is 6. The zero-order chi connectivity index (χ0) is 57.3. The summed E-state index contributed by atoms with van der Waals surface area (Å²) in [6.45, 7) is 12.1. The summed E-state index contributed by atoms with van der Waals surface area (Å²) in [5.74, 6) is -6.64. The number of hydrogen-bond acceptors (Lipinski definition) is 17. The Morgan fingerprint density at radius 1 is 0.513 bits per heavy atom. The van der Waals surface area contributed by atoms with Crippen LogP contribution < -0.4 is 25.0 Å². The molecule has 0 amide bonds. The number of benzene rings is 4. The fourth-order valence-corrected chi connectivity index (χ4v) is 12.7. The molecule has 0 aliphatic carbocycles. The summed E-state index contributed by atoms with van der Waals surface area (Å²) in [5, 5.41) is 0.700. The molecule has 0 aliphatic rings. The standard InChI is InChI=1S/C25H24F3N5O2S2.C24H22F3N5O4S3.CH5N/c1-4-20-29-14-13-19(30-20)23-22(31-25(36-23)33(5-2)6-3)15-9-7-12-18(21(15)28)32-37(34,35)24-16(26)10-8-11-17(24)27;1-4-32(5-2)24-30-20(21(37-24)18-12-13-28-23(29-18)38(3,33)34)14-8-6-11-17(19(14)27)31-39(35,36)22-15(25)9-7-10-16(22)26;1-2/h7-14,32H,4-6H2,1-3H3;6-13,31H,4-5H2,1-3H3;2H2,1H3. The lowest BCUT2D eigenvalue weighted by Gasteiger charge is -2.16. The average molecular weight is 1180 g/mol. The number of nitrogens with zero attached hydrogens (tertiary/aromatic N) is 8. The summed E-state index contributed by atoms with van der Waals surface area (Å²) >= 11 is 2.47. The van der Waals surface area contributed by atoms with Gasteiger partial charge >= 0.3 is 0 Å². The minimum Gasteiger partial charge on any atom is -0.349 e. The van der Waals surface area contributed by atoms with Crippen molar-refractivity contribution in [2.24, 2.45) is 5.73 Å². The molecule has 4 heterocycles. The first-order valence-electron chi connectivity index (χ1n) is 23.5. The minimum absolute atomic E-state index is 0.00974. The van der Waals surface area contributed by atoms with Crippen molar-refractivity contribution >= 4 is 74.2 Å². The van der Waals surface area contributed by atoms with Crippen molar-refractivity contribution in [3.63, 3.8) is 0 Å². The molecule has 0 spiro atoms. The number of anilines is 4. The normalized spacial score (nSPS) is 11.5. The molecule has 0 fully saturated rings. The zero-order valence-electron chi connectivity index (χ0n) is 42.7. The van der Waals surface area contributed by atoms with Crippen LogP contribution in [0.2, 0.25) is 0 Å². The van der Waals surface area contributed by atoms with E-state index in [2.05, 4.69) is 35.6 Å². The molecule has 0 saturated heterocycles. The highest BCUT2D eigenvalue weighted by Crippen LogP contribution is 2.44. The van der Waals surface area contributed by atoms with E-state index in [1.54, 1.807) is 12.3 Å². The SMILES string of the molecule is CCN(CC)c1nc(-c2cccc(NS(=O)(=O)c3c(F)cccc3F)c2F)c(-c2ccnc(S(C)(=O)=O)n2)s1.CCc1nccc(-c2sc(N(CC)CC)nc2-c2cccc(NS(=O)(=O)c3c(F)cccc3F)c2F)n1.CN. The van der Waals surface area contributed by atoms with Crippen molar-refractivity contribution < 1.29 is 51.6 Å². The number of nitrogens with two attached hydrogens (primary N) is 1. The molecule has 4 N–H and O–H groups in total. The predicted molar refractivity (Wildman–Crippen MR) is 291 cm³/mol. The lowest BCUT2D eigenvalue weighted by molar-refractivity contribution is 0.519. The van der Waals surface area contributed by atoms with E-state index in [-0.39, 0.29) is 28.2 Å². The first-order valence-corrected chi connectivity index (χ1v) is 30.0. The second-order valence-electron chi connectivity index (χ2n) is 16.0. The Labute approximate surface area is 455 Å². The summed E-state index contributed by atoms with van der Waals surface area (Å²) in [4.78, 5) is 28.3. The lowest BCUT2D eigenvalue weighted by Crippen LogP contribution is -2.21. The van der Waals surface area contributed by atoms with E-state index >= 15 is 8.78 Å². The van der Waals surface area contributed by atoms with Gasteiger partial charge in [0.2, 0.25) is 15.0 Å². The fourth-order valence-electron chi connectivity index (χ4n) is 7.39. The van der Waals surface area contributed by atoms with Crippen LogP contribution in [0.25, 0.3) is 43.7 Å². The highest BCUT2D eigenvalue weighted by molar-refractivity contribution is 7.93. The van der Waals surface area contributed by atoms with Gasteiger partial charge in [0.05, 0.1) is 43.9 Å². The second kappa shape index (κ2) is 25.6. The molecule has 0 radical (unpaired) electrons. The molecule has 8 aromatic rings. The van der Waals surface area contributed by atoms with Gasteiger partial charge in [0.25, 0.3) is 20.0 Å². The van der Waals surface area contributed by atoms with Gasteiger partial charge in [-0.3, -0.25) is 9.44 Å². The molecule has 78 heavy (non-hydrogen) atoms. The number of nitrogens with one attached hydrogen (secondary N) is 2. The number of sulfonamides is 2. The minimum atomic E-state index is -4.85. The van der Waals surface area contributed by atoms with Gasteiger partial charge < -0.3 is 15.5 Å². The molecule has 4 aromatic carbocycles. The van der Waals surface area contributed by atoms with E-state index in [0.29, 0.717) is 64.1 Å². The van der Waals surface area contributed by atoms with E-state index in [9.17, 15) is 42.8 Å². The number of thiazole rings is 2. The molecule has 0 aliphatic heterocycles. The maximum absolute atomic E-state index is 15.9. The number of aryl methyl sites for hydroxylation is 1. The third-order valence-corrected chi connectivity index (χ3v) is 17.1. The van der Waals surface area contributed by atoms with Crippen molar-refractivity contribution in [2.75, 3.05) is 58.7 Å². The first kappa shape index (κ1) is 60.1. The van der Waals surface area contributed by atoms with Crippen LogP contribution in [-0.4, -0.2) is 94.6 Å². The quantitative estimate of drug-likeness (QED) is 0.0535. The van der Waals surface area contributed by atoms with Gasteiger partial charge in [0, 0.05) is 62.4 Å². The Hall–Kier alpha value is -7.11. The molecule has 0 unspecified atom stereocenters. The smallest absolute Gasteiger partial charge is 0.267 e. The van der Waals surface area contributed by atoms with Gasteiger partial charge in [-0.1, -0.05) is 53.9 Å². The second-order valence-corrected chi connectivity index (χ2v) is 23.2. The molecular formula is C50H51F6N11O6S5. The van der Waals surface area contributed by atoms with Gasteiger partial charge in [0.1, 0.15) is 29.1 Å². The first-order chi connectivity index (χ1) is 37.1. The third kappa shape index (κ3) is 13.2. The van der Waals surface area contributed by atoms with Crippen LogP contribution in [0.15, 0.2) is 112 Å². The van der Waals surface area contributed by atoms with Gasteiger partial charge in [-0.2, -0.15) is 0 Å². The summed E-state index contributed by atoms with van der Waals surface area (Å²) < 4.78 is 167. The van der Waals surface area contributed by atoms with Crippen LogP contribution in [0.5, 0.6) is 0 Å². The van der Waals surface area contributed by atoms with E-state index in [1.807, 2.05) is 53.9 Å². The maximum Gasteiger partial charge on any atom is 0.267 e. The molecule has 0 bridgehead atoms. The number of rotatable bonds is 18. The van der Waals surface area contributed by atoms with Crippen LogP contribution in [0.4, 0.5) is 48.0 Å². The zero-order valence-corrected chi connectivity index (χ0v) is 46.8. The molecule has 414 valence electrons. The van der Waals surface area contributed by atoms with Crippen LogP contribution in [0, 0.1) is 34.9 Å². The monoisotopic (exact) mass is 1180 g/mol. The highest BCUT2D eigenvalue weighted by Gasteiger charge is 2.30. The Kier molecular flexibility index (Phi) is 19.7. The number of sulfone groups is 1. The predicted octanol–water partition coefficient (Wildman–Crippen LogP) is 10.2. The molecule has 28 heteroatoms. The van der Waals surface area contributed by atoms with Gasteiger partial charge in [-0.05, 0) is 95.4 Å². The largest absolute Gasteiger partial charge is 0.349 e. The number of halogens is 6. The van der Waals surface area contributed by atoms with E-state index < -0.39 is 91.1 Å². The number of hydrogen-bond donors (Lipinski definition) is 3. The fraction of sp³-hybridized carbons (Fsp3) is 0.240. The Balaban J connectivity index is 0.000000245. The van der Waals surface area contributed by atoms with E-state index in [1.165, 1.54) is 61.0 Å². The molecule has 4 aromatic heterocycles. The Bertz CT molecular complexity index is 3750. The van der Waals surface area contributed by atoms with Gasteiger partial charge in [-0.25, -0.2) is 81.5 Å². The van der Waals surface area contributed by atoms with E-state index in [0.717, 1.165) is 60.1 Å². The van der Waals surface area contributed by atoms with E-state index in [4.69, 9.17) is 0 Å². The summed E-state index contributed by atoms with van der Waals surface area (Å²) in [7, 11) is -11.9. The molecule has 8 rings (SSSR count). The van der Waals surface area contributed by atoms with Crippen molar-refractivity contribution in [1.82, 2.24) is 29.9 Å². The van der Waals surface area contributed by atoms with Crippen molar-refractivity contribution in [3.05, 3.63) is 138 Å². The van der Waals surface area contributed by atoms with Crippen LogP contribution in [0.1, 0.15) is 40.4 Å². The van der Waals surface area contributed by atoms with Crippen LogP contribution in [-0.2, 0) is 36.3 Å². The van der Waals surface area contributed by atoms with Crippen LogP contribution >= 0.6 is 22.7 Å². The third-order valence-electron chi connectivity index (χ3n) is 11.1. The van der Waals surface area contributed by atoms with Crippen molar-refractivity contribution in [2.45, 2.75) is 56.0 Å². The molecular weight excluding hydrogens is 1120 g/mol. The summed E-state index contributed by atoms with van der Waals surface area (Å²) in [6, 6.07) is 16.2. The molecule has 0 atom stereocenters. The van der Waals surface area contributed by atoms with Crippen LogP contribution in [0.3, 0.4) is 0 Å². The summed E-state index contributed by atoms with van der Waals surface area (Å²) in [5.41, 5.74) is 4.37. The Morgan fingerprint density at radius 3 is 1.26 bits per heavy atom. The van der Waals surface area contributed by atoms with Crippen molar-refractivity contribution in [3.8, 4) is 43.7 Å². The van der Waals surface area contributed by atoms with Gasteiger partial charge in [0.15, 0.2) is 31.7 Å². The van der Waals surface area contributed by atoms with Crippen molar-refractivity contribution in [1.29, 1.82) is 0 Å². The maximum atomic E-state index is 15.9. The Morgan fingerprint density at radius 2 is 0.885 bits per heavy atom. The highest BCUT2D eigenvalue weighted by atomic mass is 32.2. The summed E-state index contributed by atoms with van der Waals surface area (Å²) in [6.07, 6.45) is 4.42. The average Bonchev–Trinajstić information content (AvgIpc) is 4.09.